The summed E-state index contributed by atoms with van der Waals surface area (Å²) in [4.78, 5) is 4.73. The predicted octanol–water partition coefficient (Wildman–Crippen LogP) is 11.3. The number of hydrogen-bond donors (Lipinski definition) is 0. The van der Waals surface area contributed by atoms with Crippen LogP contribution in [0.15, 0.2) is 140 Å². The fraction of sp³-hybridized carbons (Fsp3) is 0.122. The molecule has 1 aliphatic rings. The molecule has 0 unspecified atom stereocenters. The minimum Gasteiger partial charge on any atom is -0.311 e. The van der Waals surface area contributed by atoms with E-state index in [-0.39, 0.29) is 0 Å². The number of hydrogen-bond acceptors (Lipinski definition) is 2. The number of aryl methyl sites for hydroxylation is 4. The summed E-state index contributed by atoms with van der Waals surface area (Å²) in [5.74, 6) is 0. The summed E-state index contributed by atoms with van der Waals surface area (Å²) in [6.45, 7) is 6.40. The van der Waals surface area contributed by atoms with Gasteiger partial charge in [-0.05, 0) is 123 Å². The zero-order chi connectivity index (χ0) is 29.3. The zero-order valence-corrected chi connectivity index (χ0v) is 25.1. The van der Waals surface area contributed by atoms with Crippen LogP contribution in [0.25, 0.3) is 11.1 Å². The van der Waals surface area contributed by atoms with E-state index in [4.69, 9.17) is 0 Å². The molecule has 6 aromatic carbocycles. The van der Waals surface area contributed by atoms with Crippen LogP contribution in [0.5, 0.6) is 0 Å². The molecule has 2 nitrogen and oxygen atoms in total. The van der Waals surface area contributed by atoms with Gasteiger partial charge in [-0.2, -0.15) is 0 Å². The van der Waals surface area contributed by atoms with E-state index in [2.05, 4.69) is 170 Å². The van der Waals surface area contributed by atoms with Gasteiger partial charge in [-0.1, -0.05) is 89.5 Å². The molecule has 0 aromatic heterocycles. The highest BCUT2D eigenvalue weighted by Crippen LogP contribution is 2.42. The highest BCUT2D eigenvalue weighted by atomic mass is 15.1. The maximum atomic E-state index is 2.41. The summed E-state index contributed by atoms with van der Waals surface area (Å²) in [6.07, 6.45) is 2.31. The first kappa shape index (κ1) is 26.8. The van der Waals surface area contributed by atoms with Crippen LogP contribution in [0.4, 0.5) is 34.1 Å². The molecule has 0 saturated heterocycles. The third-order valence-electron chi connectivity index (χ3n) is 8.59. The second-order valence-corrected chi connectivity index (χ2v) is 11.7. The van der Waals surface area contributed by atoms with Gasteiger partial charge in [-0.3, -0.25) is 0 Å². The quantitative estimate of drug-likeness (QED) is 0.193. The lowest BCUT2D eigenvalue weighted by molar-refractivity contribution is 0.837. The monoisotopic (exact) mass is 556 g/mol. The number of benzene rings is 6. The van der Waals surface area contributed by atoms with Crippen molar-refractivity contribution in [3.8, 4) is 11.1 Å². The van der Waals surface area contributed by atoms with Crippen LogP contribution in [0.1, 0.15) is 27.8 Å². The molecule has 0 heterocycles. The van der Waals surface area contributed by atoms with Gasteiger partial charge in [0.05, 0.1) is 0 Å². The molecule has 0 fully saturated rings. The maximum absolute atomic E-state index is 2.41. The number of anilines is 6. The number of rotatable bonds is 7. The molecule has 0 N–H and O–H groups in total. The minimum atomic E-state index is 1.14. The van der Waals surface area contributed by atoms with Gasteiger partial charge in [-0.15, -0.1) is 0 Å². The van der Waals surface area contributed by atoms with E-state index in [9.17, 15) is 0 Å². The lowest BCUT2D eigenvalue weighted by Gasteiger charge is -2.32. The highest BCUT2D eigenvalue weighted by Gasteiger charge is 2.22. The van der Waals surface area contributed by atoms with Gasteiger partial charge in [0.1, 0.15) is 0 Å². The SMILES string of the molecule is Cc1ccc(N(c2ccc(C)cc2)c2ccc(-c3ccc(N(c4ccc(C)cc4)c4cccc5c4CC5)cc3)cc2)cc1. The topological polar surface area (TPSA) is 6.48 Å². The van der Waals surface area contributed by atoms with Gasteiger partial charge in [0.2, 0.25) is 0 Å². The van der Waals surface area contributed by atoms with Crippen molar-refractivity contribution in [1.29, 1.82) is 0 Å². The summed E-state index contributed by atoms with van der Waals surface area (Å²) in [5.41, 5.74) is 16.2. The molecule has 0 bridgehead atoms. The molecular weight excluding hydrogens is 520 g/mol. The Hall–Kier alpha value is -5.08. The van der Waals surface area contributed by atoms with Crippen molar-refractivity contribution < 1.29 is 0 Å². The van der Waals surface area contributed by atoms with E-state index in [1.807, 2.05) is 0 Å². The van der Waals surface area contributed by atoms with Crippen LogP contribution < -0.4 is 9.80 Å². The Kier molecular flexibility index (Phi) is 7.04. The van der Waals surface area contributed by atoms with Gasteiger partial charge < -0.3 is 9.80 Å². The molecule has 1 aliphatic carbocycles. The highest BCUT2D eigenvalue weighted by molar-refractivity contribution is 5.82. The summed E-state index contributed by atoms with van der Waals surface area (Å²) < 4.78 is 0. The normalized spacial score (nSPS) is 11.9. The Labute approximate surface area is 255 Å². The maximum Gasteiger partial charge on any atom is 0.0496 e. The zero-order valence-electron chi connectivity index (χ0n) is 25.1. The first-order chi connectivity index (χ1) is 21.0. The van der Waals surface area contributed by atoms with E-state index in [0.29, 0.717) is 0 Å². The van der Waals surface area contributed by atoms with E-state index < -0.39 is 0 Å². The molecule has 0 aliphatic heterocycles. The summed E-state index contributed by atoms with van der Waals surface area (Å²) in [5, 5.41) is 0. The Morgan fingerprint density at radius 2 is 0.744 bits per heavy atom. The molecule has 0 radical (unpaired) electrons. The van der Waals surface area contributed by atoms with Crippen molar-refractivity contribution in [1.82, 2.24) is 0 Å². The average Bonchev–Trinajstić information content (AvgIpc) is 3.02. The van der Waals surface area contributed by atoms with Crippen LogP contribution in [0, 0.1) is 20.8 Å². The van der Waals surface area contributed by atoms with Gasteiger partial charge in [0.25, 0.3) is 0 Å². The standard InChI is InChI=1S/C41H36N2/c1-29-7-18-35(19-8-29)42(36-20-9-30(2)10-21-36)37-24-13-32(14-25-37)33-15-26-39(27-16-33)43(38-22-11-31(3)12-23-38)41-6-4-5-34-17-28-40(34)41/h4-16,18-27H,17,28H2,1-3H3. The van der Waals surface area contributed by atoms with E-state index >= 15 is 0 Å². The average molecular weight is 557 g/mol. The molecule has 0 saturated carbocycles. The van der Waals surface area contributed by atoms with Crippen molar-refractivity contribution in [2.45, 2.75) is 33.6 Å². The first-order valence-corrected chi connectivity index (χ1v) is 15.1. The number of nitrogens with zero attached hydrogens (tertiary/aromatic N) is 2. The second kappa shape index (κ2) is 11.3. The first-order valence-electron chi connectivity index (χ1n) is 15.1. The molecule has 2 heteroatoms. The molecule has 210 valence electrons. The molecule has 7 rings (SSSR count). The Balaban J connectivity index is 1.21. The fourth-order valence-corrected chi connectivity index (χ4v) is 6.00. The molecule has 0 atom stereocenters. The third-order valence-corrected chi connectivity index (χ3v) is 8.59. The Bertz CT molecular complexity index is 1800. The van der Waals surface area contributed by atoms with Gasteiger partial charge in [0, 0.05) is 34.1 Å². The van der Waals surface area contributed by atoms with Crippen molar-refractivity contribution in [2.24, 2.45) is 0 Å². The molecule has 43 heavy (non-hydrogen) atoms. The van der Waals surface area contributed by atoms with Crippen molar-refractivity contribution in [3.63, 3.8) is 0 Å². The van der Waals surface area contributed by atoms with E-state index in [1.54, 1.807) is 0 Å². The smallest absolute Gasteiger partial charge is 0.0496 e. The lowest BCUT2D eigenvalue weighted by Crippen LogP contribution is -2.17. The van der Waals surface area contributed by atoms with E-state index in [0.717, 1.165) is 23.5 Å². The molecular formula is C41H36N2. The lowest BCUT2D eigenvalue weighted by atomic mass is 9.86. The Morgan fingerprint density at radius 3 is 1.12 bits per heavy atom. The van der Waals surface area contributed by atoms with Crippen molar-refractivity contribution in [3.05, 3.63) is 167 Å². The summed E-state index contributed by atoms with van der Waals surface area (Å²) in [6, 6.07) is 51.0. The van der Waals surface area contributed by atoms with Crippen LogP contribution in [-0.4, -0.2) is 0 Å². The van der Waals surface area contributed by atoms with Gasteiger partial charge in [-0.25, -0.2) is 0 Å². The summed E-state index contributed by atoms with van der Waals surface area (Å²) >= 11 is 0. The minimum absolute atomic E-state index is 1.14. The van der Waals surface area contributed by atoms with E-state index in [1.165, 1.54) is 62.4 Å². The van der Waals surface area contributed by atoms with Crippen molar-refractivity contribution in [2.75, 3.05) is 9.80 Å². The Morgan fingerprint density at radius 1 is 0.372 bits per heavy atom. The second-order valence-electron chi connectivity index (χ2n) is 11.7. The molecule has 6 aromatic rings. The van der Waals surface area contributed by atoms with Gasteiger partial charge in [0.15, 0.2) is 0 Å². The molecule has 0 amide bonds. The van der Waals surface area contributed by atoms with Crippen LogP contribution in [0.2, 0.25) is 0 Å². The fourth-order valence-electron chi connectivity index (χ4n) is 6.00. The van der Waals surface area contributed by atoms with Crippen LogP contribution >= 0.6 is 0 Å². The third kappa shape index (κ3) is 5.33. The largest absolute Gasteiger partial charge is 0.311 e. The van der Waals surface area contributed by atoms with Crippen molar-refractivity contribution >= 4 is 34.1 Å². The van der Waals surface area contributed by atoms with Crippen LogP contribution in [-0.2, 0) is 12.8 Å². The van der Waals surface area contributed by atoms with Gasteiger partial charge >= 0.3 is 0 Å². The summed E-state index contributed by atoms with van der Waals surface area (Å²) in [7, 11) is 0. The predicted molar refractivity (Wildman–Crippen MR) is 183 cm³/mol. The number of fused-ring (bicyclic) bond motifs is 1. The molecule has 0 spiro atoms. The van der Waals surface area contributed by atoms with Crippen LogP contribution in [0.3, 0.4) is 0 Å².